The van der Waals surface area contributed by atoms with Crippen molar-refractivity contribution >= 4 is 17.2 Å². The number of hydrogen-bond donors (Lipinski definition) is 1. The monoisotopic (exact) mass is 308 g/mol. The van der Waals surface area contributed by atoms with Gasteiger partial charge in [0.05, 0.1) is 6.04 Å². The zero-order valence-electron chi connectivity index (χ0n) is 13.8. The van der Waals surface area contributed by atoms with Crippen LogP contribution < -0.4 is 5.32 Å². The molecule has 1 aromatic heterocycles. The molecule has 0 radical (unpaired) electrons. The minimum absolute atomic E-state index is 0.0389. The smallest absolute Gasteiger partial charge is 0.241 e. The standard InChI is InChI=1S/C17H28N2OS/c1-6-11(4)15-17(20)19(13(7-2)8-3)16(18-15)14-10-9-12(5)21-14/h9-11,13,15-16,18H,6-8H2,1-5H3. The van der Waals surface area contributed by atoms with Gasteiger partial charge in [0, 0.05) is 15.8 Å². The van der Waals surface area contributed by atoms with Gasteiger partial charge in [0.25, 0.3) is 0 Å². The molecule has 21 heavy (non-hydrogen) atoms. The topological polar surface area (TPSA) is 32.3 Å². The highest BCUT2D eigenvalue weighted by molar-refractivity contribution is 7.12. The molecule has 1 aliphatic rings. The Hall–Kier alpha value is -0.870. The van der Waals surface area contributed by atoms with Crippen LogP contribution in [-0.2, 0) is 4.79 Å². The molecule has 1 N–H and O–H groups in total. The molecule has 0 spiro atoms. The van der Waals surface area contributed by atoms with Crippen molar-refractivity contribution in [1.82, 2.24) is 10.2 Å². The summed E-state index contributed by atoms with van der Waals surface area (Å²) in [5, 5.41) is 3.61. The number of nitrogens with one attached hydrogen (secondary N) is 1. The highest BCUT2D eigenvalue weighted by Crippen LogP contribution is 2.35. The number of carbonyl (C=O) groups is 1. The molecule has 4 heteroatoms. The minimum atomic E-state index is -0.0389. The van der Waals surface area contributed by atoms with Crippen LogP contribution in [0, 0.1) is 12.8 Å². The summed E-state index contributed by atoms with van der Waals surface area (Å²) < 4.78 is 0. The summed E-state index contributed by atoms with van der Waals surface area (Å²) >= 11 is 1.79. The van der Waals surface area contributed by atoms with Crippen molar-refractivity contribution in [2.75, 3.05) is 0 Å². The van der Waals surface area contributed by atoms with E-state index < -0.39 is 0 Å². The van der Waals surface area contributed by atoms with Gasteiger partial charge in [-0.1, -0.05) is 34.1 Å². The predicted octanol–water partition coefficient (Wildman–Crippen LogP) is 4.09. The van der Waals surface area contributed by atoms with Crippen molar-refractivity contribution < 1.29 is 4.79 Å². The van der Waals surface area contributed by atoms with E-state index in [1.165, 1.54) is 9.75 Å². The fraction of sp³-hybridized carbons (Fsp3) is 0.706. The van der Waals surface area contributed by atoms with Gasteiger partial charge in [-0.05, 0) is 37.8 Å². The highest BCUT2D eigenvalue weighted by atomic mass is 32.1. The van der Waals surface area contributed by atoms with Crippen molar-refractivity contribution in [2.45, 2.75) is 72.1 Å². The second-order valence-corrected chi connectivity index (χ2v) is 7.42. The van der Waals surface area contributed by atoms with Crippen molar-refractivity contribution in [3.63, 3.8) is 0 Å². The second-order valence-electron chi connectivity index (χ2n) is 6.10. The number of nitrogens with zero attached hydrogens (tertiary/aromatic N) is 1. The normalized spacial score (nSPS) is 24.1. The first kappa shape index (κ1) is 16.5. The van der Waals surface area contributed by atoms with Crippen LogP contribution in [0.4, 0.5) is 0 Å². The molecule has 3 unspecified atom stereocenters. The van der Waals surface area contributed by atoms with Gasteiger partial charge in [0.1, 0.15) is 6.17 Å². The van der Waals surface area contributed by atoms with Gasteiger partial charge in [-0.15, -0.1) is 11.3 Å². The van der Waals surface area contributed by atoms with Gasteiger partial charge in [-0.3, -0.25) is 10.1 Å². The van der Waals surface area contributed by atoms with Gasteiger partial charge < -0.3 is 4.90 Å². The zero-order chi connectivity index (χ0) is 15.6. The molecule has 0 saturated carbocycles. The van der Waals surface area contributed by atoms with E-state index in [-0.39, 0.29) is 18.1 Å². The van der Waals surface area contributed by atoms with Crippen LogP contribution >= 0.6 is 11.3 Å². The Labute approximate surface area is 132 Å². The lowest BCUT2D eigenvalue weighted by molar-refractivity contribution is -0.133. The quantitative estimate of drug-likeness (QED) is 0.858. The molecule has 2 heterocycles. The molecule has 3 atom stereocenters. The Morgan fingerprint density at radius 1 is 1.24 bits per heavy atom. The van der Waals surface area contributed by atoms with E-state index in [4.69, 9.17) is 0 Å². The van der Waals surface area contributed by atoms with Crippen LogP contribution in [0.15, 0.2) is 12.1 Å². The van der Waals surface area contributed by atoms with Crippen molar-refractivity contribution in [3.05, 3.63) is 21.9 Å². The molecule has 1 aromatic rings. The van der Waals surface area contributed by atoms with E-state index in [2.05, 4.69) is 57.0 Å². The SMILES string of the molecule is CCC(C)C1NC(c2ccc(C)s2)N(C(CC)CC)C1=O. The highest BCUT2D eigenvalue weighted by Gasteiger charge is 2.44. The average molecular weight is 308 g/mol. The molecule has 0 aliphatic carbocycles. The summed E-state index contributed by atoms with van der Waals surface area (Å²) in [4.78, 5) is 17.6. The van der Waals surface area contributed by atoms with Crippen molar-refractivity contribution in [3.8, 4) is 0 Å². The third-order valence-corrected chi connectivity index (χ3v) is 5.77. The summed E-state index contributed by atoms with van der Waals surface area (Å²) in [5.74, 6) is 0.662. The summed E-state index contributed by atoms with van der Waals surface area (Å²) in [7, 11) is 0. The Bertz CT molecular complexity index is 481. The zero-order valence-corrected chi connectivity index (χ0v) is 14.7. The maximum atomic E-state index is 12.9. The molecule has 2 rings (SSSR count). The molecule has 1 saturated heterocycles. The molecular formula is C17H28N2OS. The Morgan fingerprint density at radius 2 is 1.90 bits per heavy atom. The van der Waals surface area contributed by atoms with E-state index in [9.17, 15) is 4.79 Å². The number of aryl methyl sites for hydroxylation is 1. The number of amides is 1. The van der Waals surface area contributed by atoms with Gasteiger partial charge in [-0.25, -0.2) is 0 Å². The molecule has 0 aromatic carbocycles. The molecule has 1 fully saturated rings. The summed E-state index contributed by atoms with van der Waals surface area (Å²) in [6, 6.07) is 4.60. The van der Waals surface area contributed by atoms with Gasteiger partial charge in [0.2, 0.25) is 5.91 Å². The predicted molar refractivity (Wildman–Crippen MR) is 89.4 cm³/mol. The molecule has 0 bridgehead atoms. The first-order chi connectivity index (χ1) is 10.0. The van der Waals surface area contributed by atoms with Crippen LogP contribution in [0.2, 0.25) is 0 Å². The molecule has 118 valence electrons. The van der Waals surface area contributed by atoms with Crippen LogP contribution in [0.3, 0.4) is 0 Å². The molecule has 3 nitrogen and oxygen atoms in total. The van der Waals surface area contributed by atoms with E-state index in [1.54, 1.807) is 11.3 Å². The number of hydrogen-bond acceptors (Lipinski definition) is 3. The van der Waals surface area contributed by atoms with Gasteiger partial charge in [0.15, 0.2) is 0 Å². The lowest BCUT2D eigenvalue weighted by Crippen LogP contribution is -2.40. The number of carbonyl (C=O) groups excluding carboxylic acids is 1. The summed E-state index contributed by atoms with van der Waals surface area (Å²) in [5.41, 5.74) is 0. The van der Waals surface area contributed by atoms with E-state index in [0.717, 1.165) is 19.3 Å². The number of rotatable bonds is 6. The summed E-state index contributed by atoms with van der Waals surface area (Å²) in [6.07, 6.45) is 3.10. The molecule has 1 amide bonds. The minimum Gasteiger partial charge on any atom is -0.318 e. The lowest BCUT2D eigenvalue weighted by Gasteiger charge is -2.31. The summed E-state index contributed by atoms with van der Waals surface area (Å²) in [6.45, 7) is 10.8. The maximum Gasteiger partial charge on any atom is 0.241 e. The molecular weight excluding hydrogens is 280 g/mol. The van der Waals surface area contributed by atoms with E-state index >= 15 is 0 Å². The van der Waals surface area contributed by atoms with Crippen molar-refractivity contribution in [2.24, 2.45) is 5.92 Å². The second kappa shape index (κ2) is 6.93. The third-order valence-electron chi connectivity index (χ3n) is 4.72. The van der Waals surface area contributed by atoms with Crippen LogP contribution in [0.25, 0.3) is 0 Å². The van der Waals surface area contributed by atoms with Crippen LogP contribution in [0.5, 0.6) is 0 Å². The van der Waals surface area contributed by atoms with Gasteiger partial charge >= 0.3 is 0 Å². The Balaban J connectivity index is 2.33. The average Bonchev–Trinajstić information content (AvgIpc) is 3.05. The maximum absolute atomic E-state index is 12.9. The van der Waals surface area contributed by atoms with E-state index in [0.29, 0.717) is 12.0 Å². The molecule has 1 aliphatic heterocycles. The van der Waals surface area contributed by atoms with Crippen LogP contribution in [-0.4, -0.2) is 22.9 Å². The van der Waals surface area contributed by atoms with Crippen LogP contribution in [0.1, 0.15) is 62.9 Å². The van der Waals surface area contributed by atoms with Crippen molar-refractivity contribution in [1.29, 1.82) is 0 Å². The first-order valence-electron chi connectivity index (χ1n) is 8.17. The van der Waals surface area contributed by atoms with E-state index in [1.807, 2.05) is 0 Å². The third kappa shape index (κ3) is 3.16. The number of thiophene rings is 1. The largest absolute Gasteiger partial charge is 0.318 e. The van der Waals surface area contributed by atoms with Gasteiger partial charge in [-0.2, -0.15) is 0 Å². The fourth-order valence-corrected chi connectivity index (χ4v) is 4.08. The Morgan fingerprint density at radius 3 is 2.38 bits per heavy atom. The lowest BCUT2D eigenvalue weighted by atomic mass is 9.99. The first-order valence-corrected chi connectivity index (χ1v) is 8.99. The Kier molecular flexibility index (Phi) is 5.44. The fourth-order valence-electron chi connectivity index (χ4n) is 3.15.